The number of hydrogen-bond acceptors (Lipinski definition) is 4. The fourth-order valence-electron chi connectivity index (χ4n) is 6.13. The van der Waals surface area contributed by atoms with Gasteiger partial charge in [0.25, 0.3) is 0 Å². The second-order valence-corrected chi connectivity index (χ2v) is 11.1. The number of nitrogens with zero attached hydrogens (tertiary/aromatic N) is 3. The van der Waals surface area contributed by atoms with E-state index in [2.05, 4.69) is 31.4 Å². The van der Waals surface area contributed by atoms with Crippen molar-refractivity contribution >= 4 is 17.9 Å². The van der Waals surface area contributed by atoms with Crippen molar-refractivity contribution in [2.75, 3.05) is 25.5 Å². The van der Waals surface area contributed by atoms with Crippen LogP contribution in [0.15, 0.2) is 54.6 Å². The number of likely N-dealkylation sites (tertiary alicyclic amines) is 1. The summed E-state index contributed by atoms with van der Waals surface area (Å²) >= 11 is 0. The number of carbonyl (C=O) groups excluding carboxylic acids is 1. The molecule has 38 heavy (non-hydrogen) atoms. The van der Waals surface area contributed by atoms with Crippen LogP contribution in [0.3, 0.4) is 0 Å². The van der Waals surface area contributed by atoms with Crippen molar-refractivity contribution in [2.24, 2.45) is 5.41 Å². The average Bonchev–Trinajstić information content (AvgIpc) is 3.59. The van der Waals surface area contributed by atoms with E-state index in [1.807, 2.05) is 54.6 Å². The largest absolute Gasteiger partial charge is 0.497 e. The molecule has 3 aromatic rings. The number of benzene rings is 2. The van der Waals surface area contributed by atoms with Crippen molar-refractivity contribution < 1.29 is 19.4 Å². The number of amides is 3. The molecule has 1 aliphatic heterocycles. The first-order chi connectivity index (χ1) is 18.1. The lowest BCUT2D eigenvalue weighted by Gasteiger charge is -2.46. The van der Waals surface area contributed by atoms with E-state index in [9.17, 15) is 14.7 Å². The predicted molar refractivity (Wildman–Crippen MR) is 145 cm³/mol. The van der Waals surface area contributed by atoms with E-state index >= 15 is 0 Å². The number of carboxylic acid groups (broad SMARTS) is 1. The summed E-state index contributed by atoms with van der Waals surface area (Å²) in [7, 11) is 1.61. The van der Waals surface area contributed by atoms with Crippen molar-refractivity contribution in [1.82, 2.24) is 20.0 Å². The van der Waals surface area contributed by atoms with Gasteiger partial charge in [-0.2, -0.15) is 5.10 Å². The number of aromatic nitrogens is 2. The minimum atomic E-state index is -1.01. The second kappa shape index (κ2) is 9.70. The Morgan fingerprint density at radius 3 is 2.55 bits per heavy atom. The first kappa shape index (κ1) is 25.6. The molecule has 3 N–H and O–H groups in total. The number of hydrogen-bond donors (Lipinski definition) is 3. The summed E-state index contributed by atoms with van der Waals surface area (Å²) in [5.74, 6) is 1.35. The number of carbonyl (C=O) groups is 2. The van der Waals surface area contributed by atoms with E-state index in [0.29, 0.717) is 11.6 Å². The van der Waals surface area contributed by atoms with Crippen LogP contribution in [0.2, 0.25) is 0 Å². The van der Waals surface area contributed by atoms with Crippen LogP contribution >= 0.6 is 0 Å². The molecule has 1 fully saturated rings. The Balaban J connectivity index is 1.50. The smallest absolute Gasteiger partial charge is 0.407 e. The zero-order valence-corrected chi connectivity index (χ0v) is 22.3. The lowest BCUT2D eigenvalue weighted by Crippen LogP contribution is -2.57. The number of rotatable bonds is 5. The maximum Gasteiger partial charge on any atom is 0.407 e. The van der Waals surface area contributed by atoms with Gasteiger partial charge < -0.3 is 20.1 Å². The number of para-hydroxylation sites is 1. The van der Waals surface area contributed by atoms with Gasteiger partial charge in [-0.1, -0.05) is 51.1 Å². The molecule has 3 amide bonds. The number of nitrogens with one attached hydrogen (secondary N) is 2. The van der Waals surface area contributed by atoms with Gasteiger partial charge in [-0.15, -0.1) is 0 Å². The molecule has 1 saturated heterocycles. The van der Waals surface area contributed by atoms with E-state index in [0.717, 1.165) is 41.8 Å². The third-order valence-corrected chi connectivity index (χ3v) is 8.08. The Hall–Kier alpha value is -4.01. The van der Waals surface area contributed by atoms with Gasteiger partial charge in [0.1, 0.15) is 11.6 Å². The van der Waals surface area contributed by atoms with Gasteiger partial charge >= 0.3 is 12.1 Å². The molecule has 0 bridgehead atoms. The lowest BCUT2D eigenvalue weighted by atomic mass is 9.60. The van der Waals surface area contributed by atoms with Crippen molar-refractivity contribution in [3.05, 3.63) is 71.4 Å². The summed E-state index contributed by atoms with van der Waals surface area (Å²) < 4.78 is 7.28. The summed E-state index contributed by atoms with van der Waals surface area (Å²) in [5.41, 5.74) is 2.76. The van der Waals surface area contributed by atoms with Crippen LogP contribution in [0.25, 0.3) is 5.69 Å². The topological polar surface area (TPSA) is 109 Å². The Bertz CT molecular complexity index is 1350. The molecule has 0 unspecified atom stereocenters. The Morgan fingerprint density at radius 2 is 1.87 bits per heavy atom. The first-order valence-electron chi connectivity index (χ1n) is 13.0. The van der Waals surface area contributed by atoms with Crippen LogP contribution in [0, 0.1) is 5.41 Å². The second-order valence-electron chi connectivity index (χ2n) is 11.1. The van der Waals surface area contributed by atoms with E-state index in [4.69, 9.17) is 9.84 Å². The third-order valence-electron chi connectivity index (χ3n) is 8.08. The molecule has 2 atom stereocenters. The van der Waals surface area contributed by atoms with Gasteiger partial charge in [0.05, 0.1) is 24.5 Å². The maximum atomic E-state index is 13.6. The average molecular weight is 518 g/mol. The Morgan fingerprint density at radius 1 is 1.11 bits per heavy atom. The molecule has 0 radical (unpaired) electrons. The van der Waals surface area contributed by atoms with E-state index < -0.39 is 23.0 Å². The summed E-state index contributed by atoms with van der Waals surface area (Å²) in [6.07, 6.45) is 1.73. The fraction of sp³-hybridized carbons (Fsp3) is 0.414. The zero-order chi connectivity index (χ0) is 27.1. The van der Waals surface area contributed by atoms with E-state index in [1.54, 1.807) is 11.8 Å². The van der Waals surface area contributed by atoms with E-state index in [-0.39, 0.29) is 19.1 Å². The normalized spacial score (nSPS) is 20.7. The van der Waals surface area contributed by atoms with Crippen LogP contribution in [-0.4, -0.2) is 58.2 Å². The highest BCUT2D eigenvalue weighted by molar-refractivity contribution is 5.90. The Kier molecular flexibility index (Phi) is 6.54. The molecule has 9 nitrogen and oxygen atoms in total. The van der Waals surface area contributed by atoms with Crippen molar-refractivity contribution in [1.29, 1.82) is 0 Å². The first-order valence-corrected chi connectivity index (χ1v) is 13.0. The van der Waals surface area contributed by atoms with Crippen LogP contribution in [0.5, 0.6) is 5.75 Å². The number of methoxy groups -OCH3 is 1. The number of aryl methyl sites for hydroxylation is 1. The molecule has 2 aromatic carbocycles. The molecule has 1 aromatic heterocycles. The quantitative estimate of drug-likeness (QED) is 0.449. The number of urea groups is 1. The van der Waals surface area contributed by atoms with Gasteiger partial charge in [-0.05, 0) is 54.5 Å². The fourth-order valence-corrected chi connectivity index (χ4v) is 6.13. The molecule has 1 aliphatic carbocycles. The van der Waals surface area contributed by atoms with Gasteiger partial charge in [0.2, 0.25) is 0 Å². The number of fused-ring (bicyclic) bond motifs is 1. The SMILES string of the molecule is COc1cccc([C@@]2(C(C)(C)C)CN(C(=O)O)C[C@@H]2NC(=O)Nc2c3c(nn2-c2ccccc2)CCC3)c1. The van der Waals surface area contributed by atoms with Gasteiger partial charge in [0.15, 0.2) is 0 Å². The highest BCUT2D eigenvalue weighted by atomic mass is 16.5. The van der Waals surface area contributed by atoms with Crippen molar-refractivity contribution in [3.63, 3.8) is 0 Å². The molecule has 9 heteroatoms. The molecular weight excluding hydrogens is 482 g/mol. The van der Waals surface area contributed by atoms with Crippen LogP contribution in [-0.2, 0) is 18.3 Å². The standard InChI is InChI=1S/C29H35N5O4/c1-28(2,3)29(19-10-8-13-21(16-19)38-4)18-33(27(36)37)17-24(29)30-26(35)31-25-22-14-9-15-23(22)32-34(25)20-11-6-5-7-12-20/h5-8,10-13,16,24H,9,14-15,17-18H2,1-4H3,(H,36,37)(H2,30,31,35)/t24-,29-/m0/s1. The minimum absolute atomic E-state index is 0.174. The molecule has 2 aliphatic rings. The van der Waals surface area contributed by atoms with Gasteiger partial charge in [-0.25, -0.2) is 14.3 Å². The predicted octanol–water partition coefficient (Wildman–Crippen LogP) is 4.84. The van der Waals surface area contributed by atoms with Crippen molar-refractivity contribution in [2.45, 2.75) is 51.5 Å². The van der Waals surface area contributed by atoms with Crippen LogP contribution < -0.4 is 15.4 Å². The summed E-state index contributed by atoms with van der Waals surface area (Å²) in [4.78, 5) is 27.2. The third kappa shape index (κ3) is 4.36. The number of anilines is 1. The van der Waals surface area contributed by atoms with Crippen molar-refractivity contribution in [3.8, 4) is 11.4 Å². The maximum absolute atomic E-state index is 13.6. The highest BCUT2D eigenvalue weighted by Gasteiger charge is 2.56. The molecule has 5 rings (SSSR count). The summed E-state index contributed by atoms with van der Waals surface area (Å²) in [5, 5.41) is 21.0. The molecular formula is C29H35N5O4. The summed E-state index contributed by atoms with van der Waals surface area (Å²) in [6, 6.07) is 16.6. The van der Waals surface area contributed by atoms with Gasteiger partial charge in [-0.3, -0.25) is 5.32 Å². The lowest BCUT2D eigenvalue weighted by molar-refractivity contribution is 0.136. The van der Waals surface area contributed by atoms with Crippen LogP contribution in [0.4, 0.5) is 15.4 Å². The molecule has 200 valence electrons. The van der Waals surface area contributed by atoms with Crippen LogP contribution in [0.1, 0.15) is 44.0 Å². The molecule has 2 heterocycles. The molecule has 0 spiro atoms. The summed E-state index contributed by atoms with van der Waals surface area (Å²) in [6.45, 7) is 6.68. The van der Waals surface area contributed by atoms with Gasteiger partial charge in [0, 0.05) is 24.1 Å². The van der Waals surface area contributed by atoms with E-state index in [1.165, 1.54) is 4.90 Å². The Labute approximate surface area is 222 Å². The number of ether oxygens (including phenoxy) is 1. The molecule has 0 saturated carbocycles. The zero-order valence-electron chi connectivity index (χ0n) is 22.3. The minimum Gasteiger partial charge on any atom is -0.497 e. The monoisotopic (exact) mass is 517 g/mol. The highest BCUT2D eigenvalue weighted by Crippen LogP contribution is 2.49.